The van der Waals surface area contributed by atoms with Crippen molar-refractivity contribution in [2.75, 3.05) is 19.6 Å². The zero-order valence-electron chi connectivity index (χ0n) is 14.4. The predicted molar refractivity (Wildman–Crippen MR) is 96.1 cm³/mol. The third-order valence-electron chi connectivity index (χ3n) is 5.84. The molecule has 0 unspecified atom stereocenters. The van der Waals surface area contributed by atoms with Gasteiger partial charge in [0.05, 0.1) is 0 Å². The van der Waals surface area contributed by atoms with Crippen LogP contribution in [0.3, 0.4) is 0 Å². The van der Waals surface area contributed by atoms with Crippen molar-refractivity contribution in [1.29, 1.82) is 0 Å². The highest BCUT2D eigenvalue weighted by Crippen LogP contribution is 2.51. The molecule has 2 fully saturated rings. The molecule has 1 aliphatic carbocycles. The van der Waals surface area contributed by atoms with Crippen LogP contribution in [-0.4, -0.2) is 30.3 Å². The number of hydrogen-bond donors (Lipinski definition) is 0. The molecule has 1 saturated heterocycles. The van der Waals surface area contributed by atoms with E-state index in [-0.39, 0.29) is 0 Å². The fourth-order valence-electron chi connectivity index (χ4n) is 3.81. The molecule has 0 atom stereocenters. The summed E-state index contributed by atoms with van der Waals surface area (Å²) in [4.78, 5) is 15.4. The van der Waals surface area contributed by atoms with E-state index >= 15 is 0 Å². The molecule has 0 N–H and O–H groups in total. The highest BCUT2D eigenvalue weighted by Gasteiger charge is 2.44. The molecule has 1 heterocycles. The second-order valence-electron chi connectivity index (χ2n) is 8.04. The Labute approximate surface area is 145 Å². The summed E-state index contributed by atoms with van der Waals surface area (Å²) in [6.45, 7) is 7.77. The van der Waals surface area contributed by atoms with Crippen molar-refractivity contribution in [3.63, 3.8) is 0 Å². The first-order chi connectivity index (χ1) is 10.9. The lowest BCUT2D eigenvalue weighted by Gasteiger charge is -2.27. The number of carbonyl (C=O) groups excluding carboxylic acids is 1. The van der Waals surface area contributed by atoms with E-state index in [4.69, 9.17) is 11.6 Å². The van der Waals surface area contributed by atoms with E-state index in [2.05, 4.69) is 4.90 Å². The first kappa shape index (κ1) is 17.0. The summed E-state index contributed by atoms with van der Waals surface area (Å²) in [5.41, 5.74) is 1.01. The van der Waals surface area contributed by atoms with Gasteiger partial charge in [0.15, 0.2) is 0 Å². The van der Waals surface area contributed by atoms with Gasteiger partial charge in [-0.3, -0.25) is 4.79 Å². The van der Waals surface area contributed by atoms with Gasteiger partial charge in [-0.2, -0.15) is 0 Å². The third kappa shape index (κ3) is 3.97. The molecule has 1 saturated carbocycles. The van der Waals surface area contributed by atoms with Crippen LogP contribution in [0.5, 0.6) is 0 Å². The van der Waals surface area contributed by atoms with Crippen LogP contribution in [0.15, 0.2) is 24.3 Å². The SMILES string of the molecule is CC(C)(C(=O)CCC1(CN2CCCC2)CC1)c1cccc(Cl)c1. The van der Waals surface area contributed by atoms with Crippen LogP contribution >= 0.6 is 11.6 Å². The third-order valence-corrected chi connectivity index (χ3v) is 6.08. The molecule has 1 aromatic rings. The number of benzene rings is 1. The topological polar surface area (TPSA) is 20.3 Å². The first-order valence-electron chi connectivity index (χ1n) is 8.93. The maximum absolute atomic E-state index is 12.8. The Balaban J connectivity index is 1.58. The molecule has 2 aliphatic rings. The van der Waals surface area contributed by atoms with Gasteiger partial charge in [-0.05, 0) is 82.2 Å². The Bertz CT molecular complexity index is 571. The summed E-state index contributed by atoms with van der Waals surface area (Å²) in [5.74, 6) is 0.340. The molecule has 1 aromatic carbocycles. The zero-order valence-corrected chi connectivity index (χ0v) is 15.2. The average molecular weight is 334 g/mol. The van der Waals surface area contributed by atoms with E-state index in [0.29, 0.717) is 22.6 Å². The number of carbonyl (C=O) groups is 1. The van der Waals surface area contributed by atoms with Gasteiger partial charge in [-0.25, -0.2) is 0 Å². The van der Waals surface area contributed by atoms with Crippen LogP contribution in [0, 0.1) is 5.41 Å². The lowest BCUT2D eigenvalue weighted by Crippen LogP contribution is -2.32. The second-order valence-corrected chi connectivity index (χ2v) is 8.48. The maximum Gasteiger partial charge on any atom is 0.142 e. The van der Waals surface area contributed by atoms with Gasteiger partial charge in [0.25, 0.3) is 0 Å². The normalized spacial score (nSPS) is 20.7. The fourth-order valence-corrected chi connectivity index (χ4v) is 4.00. The first-order valence-corrected chi connectivity index (χ1v) is 9.31. The van der Waals surface area contributed by atoms with E-state index in [0.717, 1.165) is 12.0 Å². The van der Waals surface area contributed by atoms with Gasteiger partial charge in [-0.1, -0.05) is 23.7 Å². The number of nitrogens with zero attached hydrogens (tertiary/aromatic N) is 1. The molecule has 0 amide bonds. The lowest BCUT2D eigenvalue weighted by molar-refractivity contribution is -0.123. The molecule has 0 radical (unpaired) electrons. The summed E-state index contributed by atoms with van der Waals surface area (Å²) >= 11 is 6.09. The van der Waals surface area contributed by atoms with Gasteiger partial charge < -0.3 is 4.90 Å². The second kappa shape index (κ2) is 6.57. The molecule has 1 aliphatic heterocycles. The van der Waals surface area contributed by atoms with Crippen molar-refractivity contribution in [1.82, 2.24) is 4.90 Å². The fraction of sp³-hybridized carbons (Fsp3) is 0.650. The Morgan fingerprint density at radius 3 is 2.57 bits per heavy atom. The van der Waals surface area contributed by atoms with Crippen molar-refractivity contribution >= 4 is 17.4 Å². The van der Waals surface area contributed by atoms with Gasteiger partial charge in [0, 0.05) is 23.4 Å². The van der Waals surface area contributed by atoms with E-state index in [1.807, 2.05) is 38.1 Å². The number of likely N-dealkylation sites (tertiary alicyclic amines) is 1. The molecule has 0 aromatic heterocycles. The standard InChI is InChI=1S/C20H28ClNO/c1-19(2,16-6-5-7-17(21)14-16)18(23)8-9-20(10-11-20)15-22-12-3-4-13-22/h5-7,14H,3-4,8-13,15H2,1-2H3. The average Bonchev–Trinajstić information content (AvgIpc) is 3.08. The molecule has 2 nitrogen and oxygen atoms in total. The maximum atomic E-state index is 12.8. The van der Waals surface area contributed by atoms with Crippen molar-refractivity contribution in [3.8, 4) is 0 Å². The molecule has 23 heavy (non-hydrogen) atoms. The zero-order chi connectivity index (χ0) is 16.5. The van der Waals surface area contributed by atoms with Crippen LogP contribution < -0.4 is 0 Å². The highest BCUT2D eigenvalue weighted by atomic mass is 35.5. The summed E-state index contributed by atoms with van der Waals surface area (Å²) in [7, 11) is 0. The Kier molecular flexibility index (Phi) is 4.85. The quantitative estimate of drug-likeness (QED) is 0.711. The van der Waals surface area contributed by atoms with E-state index < -0.39 is 5.41 Å². The summed E-state index contributed by atoms with van der Waals surface area (Å²) in [6, 6.07) is 7.74. The van der Waals surface area contributed by atoms with Crippen molar-refractivity contribution in [2.45, 2.75) is 57.8 Å². The van der Waals surface area contributed by atoms with Crippen molar-refractivity contribution in [2.24, 2.45) is 5.41 Å². The van der Waals surface area contributed by atoms with Crippen LogP contribution in [0.25, 0.3) is 0 Å². The number of halogens is 1. The number of rotatable bonds is 7. The summed E-state index contributed by atoms with van der Waals surface area (Å²) in [6.07, 6.45) is 7.02. The highest BCUT2D eigenvalue weighted by molar-refractivity contribution is 6.30. The van der Waals surface area contributed by atoms with Crippen molar-refractivity contribution < 1.29 is 4.79 Å². The molecule has 3 heteroatoms. The number of hydrogen-bond acceptors (Lipinski definition) is 2. The molecule has 0 spiro atoms. The van der Waals surface area contributed by atoms with E-state index in [1.165, 1.54) is 45.3 Å². The van der Waals surface area contributed by atoms with Crippen LogP contribution in [0.2, 0.25) is 5.02 Å². The van der Waals surface area contributed by atoms with E-state index in [9.17, 15) is 4.79 Å². The van der Waals surface area contributed by atoms with Crippen molar-refractivity contribution in [3.05, 3.63) is 34.9 Å². The van der Waals surface area contributed by atoms with Gasteiger partial charge in [0.2, 0.25) is 0 Å². The Hall–Kier alpha value is -0.860. The minimum Gasteiger partial charge on any atom is -0.303 e. The Morgan fingerprint density at radius 2 is 1.96 bits per heavy atom. The van der Waals surface area contributed by atoms with Gasteiger partial charge in [-0.15, -0.1) is 0 Å². The predicted octanol–water partition coefficient (Wildman–Crippen LogP) is 4.84. The molecular weight excluding hydrogens is 306 g/mol. The minimum atomic E-state index is -0.450. The van der Waals surface area contributed by atoms with Crippen LogP contribution in [0.1, 0.15) is 57.9 Å². The minimum absolute atomic E-state index is 0.340. The monoisotopic (exact) mass is 333 g/mol. The summed E-state index contributed by atoms with van der Waals surface area (Å²) in [5, 5.41) is 0.705. The van der Waals surface area contributed by atoms with E-state index in [1.54, 1.807) is 0 Å². The number of ketones is 1. The molecule has 3 rings (SSSR count). The van der Waals surface area contributed by atoms with Crippen LogP contribution in [0.4, 0.5) is 0 Å². The largest absolute Gasteiger partial charge is 0.303 e. The summed E-state index contributed by atoms with van der Waals surface area (Å²) < 4.78 is 0. The lowest BCUT2D eigenvalue weighted by atomic mass is 9.78. The molecule has 0 bridgehead atoms. The van der Waals surface area contributed by atoms with Crippen LogP contribution in [-0.2, 0) is 10.2 Å². The number of Topliss-reactive ketones (excluding diaryl/α,β-unsaturated/α-hetero) is 1. The smallest absolute Gasteiger partial charge is 0.142 e. The molecule has 126 valence electrons. The van der Waals surface area contributed by atoms with Gasteiger partial charge in [0.1, 0.15) is 5.78 Å². The molecular formula is C20H28ClNO. The Morgan fingerprint density at radius 1 is 1.26 bits per heavy atom. The van der Waals surface area contributed by atoms with Gasteiger partial charge >= 0.3 is 0 Å².